The second-order valence-corrected chi connectivity index (χ2v) is 5.20. The fourth-order valence-electron chi connectivity index (χ4n) is 1.97. The van der Waals surface area contributed by atoms with E-state index in [0.717, 1.165) is 10.9 Å². The van der Waals surface area contributed by atoms with E-state index in [9.17, 15) is 4.79 Å². The van der Waals surface area contributed by atoms with Gasteiger partial charge in [-0.3, -0.25) is 10.2 Å². The fourth-order valence-corrected chi connectivity index (χ4v) is 2.85. The van der Waals surface area contributed by atoms with Gasteiger partial charge in [-0.1, -0.05) is 30.0 Å². The van der Waals surface area contributed by atoms with Crippen LogP contribution in [0.1, 0.15) is 16.1 Å². The molecule has 0 bridgehead atoms. The third-order valence-corrected chi connectivity index (χ3v) is 4.00. The van der Waals surface area contributed by atoms with Crippen molar-refractivity contribution in [2.45, 2.75) is 10.9 Å². The number of hydrogen-bond donors (Lipinski definition) is 2. The third kappa shape index (κ3) is 2.48. The number of carbonyl (C=O) groups excluding carboxylic acids is 1. The van der Waals surface area contributed by atoms with Crippen molar-refractivity contribution in [3.05, 3.63) is 35.6 Å². The monoisotopic (exact) mass is 304 g/mol. The van der Waals surface area contributed by atoms with Gasteiger partial charge in [0.2, 0.25) is 5.16 Å². The molecule has 3 rings (SSSR count). The van der Waals surface area contributed by atoms with Crippen LogP contribution in [0.2, 0.25) is 0 Å². The molecule has 0 saturated heterocycles. The van der Waals surface area contributed by atoms with E-state index in [4.69, 9.17) is 10.3 Å². The minimum Gasteiger partial charge on any atom is -0.451 e. The lowest BCUT2D eigenvalue weighted by atomic mass is 10.1. The minimum absolute atomic E-state index is 0.210. The summed E-state index contributed by atoms with van der Waals surface area (Å²) in [6.07, 6.45) is 0. The van der Waals surface area contributed by atoms with Crippen molar-refractivity contribution in [2.24, 2.45) is 12.9 Å². The second-order valence-electron chi connectivity index (χ2n) is 4.25. The molecule has 108 valence electrons. The number of hydrogen-bond acceptors (Lipinski definition) is 7. The first-order valence-electron chi connectivity index (χ1n) is 6.07. The predicted molar refractivity (Wildman–Crippen MR) is 76.2 cm³/mol. The van der Waals surface area contributed by atoms with E-state index in [0.29, 0.717) is 16.5 Å². The maximum absolute atomic E-state index is 11.8. The van der Waals surface area contributed by atoms with Gasteiger partial charge in [0.15, 0.2) is 5.76 Å². The van der Waals surface area contributed by atoms with Gasteiger partial charge < -0.3 is 4.42 Å². The molecule has 0 unspecified atom stereocenters. The molecule has 1 aromatic carbocycles. The Morgan fingerprint density at radius 1 is 1.48 bits per heavy atom. The van der Waals surface area contributed by atoms with Crippen molar-refractivity contribution in [2.75, 3.05) is 0 Å². The lowest BCUT2D eigenvalue weighted by Crippen LogP contribution is -2.30. The minimum atomic E-state index is -0.460. The Morgan fingerprint density at radius 2 is 2.29 bits per heavy atom. The van der Waals surface area contributed by atoms with Gasteiger partial charge in [-0.05, 0) is 16.5 Å². The normalized spacial score (nSPS) is 11.0. The average Bonchev–Trinajstić information content (AvgIpc) is 3.08. The fraction of sp³-hybridized carbons (Fsp3) is 0.167. The van der Waals surface area contributed by atoms with Crippen LogP contribution in [-0.4, -0.2) is 26.1 Å². The zero-order chi connectivity index (χ0) is 14.8. The summed E-state index contributed by atoms with van der Waals surface area (Å²) < 4.78 is 7.15. The highest BCUT2D eigenvalue weighted by Gasteiger charge is 2.20. The molecule has 2 heterocycles. The van der Waals surface area contributed by atoms with Crippen LogP contribution >= 0.6 is 11.8 Å². The van der Waals surface area contributed by atoms with E-state index < -0.39 is 5.91 Å². The average molecular weight is 304 g/mol. The van der Waals surface area contributed by atoms with Gasteiger partial charge in [-0.25, -0.2) is 10.5 Å². The summed E-state index contributed by atoms with van der Waals surface area (Å²) in [6, 6.07) is 7.44. The van der Waals surface area contributed by atoms with Crippen LogP contribution in [0.5, 0.6) is 0 Å². The SMILES string of the molecule is Cn1nnnc1SCc1c(C(=O)NN)oc2ccccc12. The highest BCUT2D eigenvalue weighted by molar-refractivity contribution is 7.98. The number of nitrogen functional groups attached to an aromatic ring is 1. The standard InChI is InChI=1S/C12H12N6O2S/c1-18-12(15-16-17-18)21-6-8-7-4-2-3-5-9(7)20-10(8)11(19)14-13/h2-5H,6,13H2,1H3,(H,14,19). The molecule has 0 aliphatic heterocycles. The Kier molecular flexibility index (Phi) is 3.59. The Hall–Kier alpha value is -2.39. The van der Waals surface area contributed by atoms with Gasteiger partial charge >= 0.3 is 5.91 Å². The largest absolute Gasteiger partial charge is 0.451 e. The van der Waals surface area contributed by atoms with Crippen molar-refractivity contribution in [1.29, 1.82) is 0 Å². The summed E-state index contributed by atoms with van der Waals surface area (Å²) >= 11 is 1.41. The number of benzene rings is 1. The summed E-state index contributed by atoms with van der Waals surface area (Å²) in [5, 5.41) is 12.8. The molecule has 0 aliphatic carbocycles. The number of para-hydroxylation sites is 1. The number of rotatable bonds is 4. The zero-order valence-electron chi connectivity index (χ0n) is 11.1. The predicted octanol–water partition coefficient (Wildman–Crippen LogP) is 0.852. The summed E-state index contributed by atoms with van der Waals surface area (Å²) in [4.78, 5) is 11.8. The summed E-state index contributed by atoms with van der Waals surface area (Å²) in [5.74, 6) is 5.45. The number of nitrogens with zero attached hydrogens (tertiary/aromatic N) is 4. The van der Waals surface area contributed by atoms with Gasteiger partial charge in [0, 0.05) is 23.8 Å². The number of aryl methyl sites for hydroxylation is 1. The smallest absolute Gasteiger partial charge is 0.301 e. The first kappa shape index (κ1) is 13.6. The Balaban J connectivity index is 1.99. The maximum Gasteiger partial charge on any atom is 0.301 e. The molecule has 3 aromatic rings. The summed E-state index contributed by atoms with van der Waals surface area (Å²) in [7, 11) is 1.75. The molecular weight excluding hydrogens is 292 g/mol. The van der Waals surface area contributed by atoms with Crippen LogP contribution in [0.4, 0.5) is 0 Å². The van der Waals surface area contributed by atoms with Crippen molar-refractivity contribution in [1.82, 2.24) is 25.6 Å². The first-order chi connectivity index (χ1) is 10.2. The zero-order valence-corrected chi connectivity index (χ0v) is 11.9. The van der Waals surface area contributed by atoms with E-state index in [2.05, 4.69) is 21.0 Å². The highest BCUT2D eigenvalue weighted by Crippen LogP contribution is 2.31. The summed E-state index contributed by atoms with van der Waals surface area (Å²) in [5.41, 5.74) is 3.51. The molecule has 8 nitrogen and oxygen atoms in total. The summed E-state index contributed by atoms with van der Waals surface area (Å²) in [6.45, 7) is 0. The molecule has 3 N–H and O–H groups in total. The Labute approximate surface area is 123 Å². The number of nitrogens with one attached hydrogen (secondary N) is 1. The van der Waals surface area contributed by atoms with E-state index >= 15 is 0 Å². The molecule has 21 heavy (non-hydrogen) atoms. The van der Waals surface area contributed by atoms with E-state index in [1.165, 1.54) is 11.8 Å². The molecule has 0 saturated carbocycles. The van der Waals surface area contributed by atoms with E-state index in [-0.39, 0.29) is 5.76 Å². The Morgan fingerprint density at radius 3 is 3.00 bits per heavy atom. The van der Waals surface area contributed by atoms with Gasteiger partial charge in [0.05, 0.1) is 0 Å². The number of aromatic nitrogens is 4. The van der Waals surface area contributed by atoms with Crippen molar-refractivity contribution >= 4 is 28.6 Å². The molecule has 0 spiro atoms. The lowest BCUT2D eigenvalue weighted by Gasteiger charge is -2.01. The van der Waals surface area contributed by atoms with Gasteiger partial charge in [-0.15, -0.1) is 5.10 Å². The number of furan rings is 1. The Bertz CT molecular complexity index is 796. The van der Waals surface area contributed by atoms with E-state index in [1.807, 2.05) is 18.2 Å². The number of tetrazole rings is 1. The number of amides is 1. The van der Waals surface area contributed by atoms with Crippen LogP contribution in [-0.2, 0) is 12.8 Å². The lowest BCUT2D eigenvalue weighted by molar-refractivity contribution is 0.0927. The molecule has 0 atom stereocenters. The molecule has 2 aromatic heterocycles. The van der Waals surface area contributed by atoms with Gasteiger partial charge in [0.25, 0.3) is 0 Å². The van der Waals surface area contributed by atoms with E-state index in [1.54, 1.807) is 17.8 Å². The van der Waals surface area contributed by atoms with Crippen molar-refractivity contribution in [3.63, 3.8) is 0 Å². The van der Waals surface area contributed by atoms with Crippen LogP contribution in [0, 0.1) is 0 Å². The van der Waals surface area contributed by atoms with Crippen LogP contribution in [0.3, 0.4) is 0 Å². The topological polar surface area (TPSA) is 112 Å². The van der Waals surface area contributed by atoms with Gasteiger partial charge in [0.1, 0.15) is 5.58 Å². The molecule has 9 heteroatoms. The number of carbonyl (C=O) groups is 1. The molecule has 0 radical (unpaired) electrons. The van der Waals surface area contributed by atoms with Crippen LogP contribution in [0.25, 0.3) is 11.0 Å². The molecular formula is C12H12N6O2S. The molecule has 1 amide bonds. The number of thioether (sulfide) groups is 1. The number of fused-ring (bicyclic) bond motifs is 1. The van der Waals surface area contributed by atoms with Gasteiger partial charge in [-0.2, -0.15) is 0 Å². The second kappa shape index (κ2) is 5.54. The molecule has 0 aliphatic rings. The highest BCUT2D eigenvalue weighted by atomic mass is 32.2. The number of hydrazine groups is 1. The van der Waals surface area contributed by atoms with Crippen LogP contribution in [0.15, 0.2) is 33.8 Å². The third-order valence-electron chi connectivity index (χ3n) is 2.96. The van der Waals surface area contributed by atoms with Crippen LogP contribution < -0.4 is 11.3 Å². The number of nitrogens with two attached hydrogens (primary N) is 1. The van der Waals surface area contributed by atoms with Crippen molar-refractivity contribution in [3.8, 4) is 0 Å². The first-order valence-corrected chi connectivity index (χ1v) is 7.05. The molecule has 0 fully saturated rings. The van der Waals surface area contributed by atoms with Crippen molar-refractivity contribution < 1.29 is 9.21 Å². The quantitative estimate of drug-likeness (QED) is 0.318. The maximum atomic E-state index is 11.8.